The van der Waals surface area contributed by atoms with Crippen LogP contribution in [-0.4, -0.2) is 31.1 Å². The highest BCUT2D eigenvalue weighted by atomic mass is 79.9. The molecule has 116 valence electrons. The van der Waals surface area contributed by atoms with Gasteiger partial charge in [0, 0.05) is 35.5 Å². The van der Waals surface area contributed by atoms with Crippen LogP contribution >= 0.6 is 52.1 Å². The third-order valence-electron chi connectivity index (χ3n) is 3.49. The van der Waals surface area contributed by atoms with Crippen molar-refractivity contribution >= 4 is 52.1 Å². The van der Waals surface area contributed by atoms with Crippen LogP contribution in [0.2, 0.25) is 0 Å². The van der Waals surface area contributed by atoms with Crippen molar-refractivity contribution in [3.05, 3.63) is 56.7 Å². The molecule has 1 atom stereocenters. The van der Waals surface area contributed by atoms with E-state index >= 15 is 0 Å². The van der Waals surface area contributed by atoms with Gasteiger partial charge < -0.3 is 5.32 Å². The lowest BCUT2D eigenvalue weighted by atomic mass is 10.0. The van der Waals surface area contributed by atoms with E-state index in [-0.39, 0.29) is 24.8 Å². The van der Waals surface area contributed by atoms with Gasteiger partial charge in [-0.3, -0.25) is 4.90 Å². The van der Waals surface area contributed by atoms with E-state index in [1.807, 2.05) is 11.3 Å². The molecular weight excluding hydrogens is 391 g/mol. The van der Waals surface area contributed by atoms with Gasteiger partial charge in [0.15, 0.2) is 0 Å². The second kappa shape index (κ2) is 9.13. The molecule has 0 spiro atoms. The Morgan fingerprint density at radius 2 is 1.86 bits per heavy atom. The van der Waals surface area contributed by atoms with Gasteiger partial charge in [-0.2, -0.15) is 0 Å². The van der Waals surface area contributed by atoms with Crippen molar-refractivity contribution in [2.75, 3.05) is 26.2 Å². The van der Waals surface area contributed by atoms with Crippen LogP contribution in [0.5, 0.6) is 0 Å². The summed E-state index contributed by atoms with van der Waals surface area (Å²) >= 11 is 5.44. The fourth-order valence-corrected chi connectivity index (χ4v) is 3.92. The van der Waals surface area contributed by atoms with E-state index in [9.17, 15) is 0 Å². The molecule has 6 heteroatoms. The van der Waals surface area contributed by atoms with E-state index in [4.69, 9.17) is 0 Å². The molecule has 0 saturated carbocycles. The molecule has 3 rings (SSSR count). The Kier molecular flexibility index (Phi) is 8.24. The lowest BCUT2D eigenvalue weighted by Crippen LogP contribution is -2.45. The minimum Gasteiger partial charge on any atom is -0.314 e. The molecule has 1 fully saturated rings. The highest BCUT2D eigenvalue weighted by Crippen LogP contribution is 2.33. The Bertz CT molecular complexity index is 530. The second-order valence-electron chi connectivity index (χ2n) is 4.76. The van der Waals surface area contributed by atoms with Crippen molar-refractivity contribution in [2.24, 2.45) is 0 Å². The van der Waals surface area contributed by atoms with Crippen molar-refractivity contribution < 1.29 is 0 Å². The largest absolute Gasteiger partial charge is 0.314 e. The Hall–Kier alpha value is -0.100. The Balaban J connectivity index is 0.00000110. The number of rotatable bonds is 3. The lowest BCUT2D eigenvalue weighted by molar-refractivity contribution is 0.200. The maximum atomic E-state index is 3.59. The standard InChI is InChI=1S/C15H17BrN2S.2ClH/c16-13-4-1-3-12(11-13)15(14-5-2-10-19-14)18-8-6-17-7-9-18;;/h1-5,10-11,15,17H,6-9H2;2*1H/t15-;;/m1../s1. The maximum Gasteiger partial charge on any atom is 0.0697 e. The Morgan fingerprint density at radius 3 is 2.48 bits per heavy atom. The fourth-order valence-electron chi connectivity index (χ4n) is 2.62. The Labute approximate surface area is 150 Å². The van der Waals surface area contributed by atoms with Crippen LogP contribution in [0.15, 0.2) is 46.3 Å². The summed E-state index contributed by atoms with van der Waals surface area (Å²) in [5.41, 5.74) is 1.37. The van der Waals surface area contributed by atoms with E-state index in [1.165, 1.54) is 10.4 Å². The number of thiophene rings is 1. The van der Waals surface area contributed by atoms with E-state index in [1.54, 1.807) is 0 Å². The molecule has 1 aromatic carbocycles. The number of hydrogen-bond donors (Lipinski definition) is 1. The van der Waals surface area contributed by atoms with Crippen LogP contribution in [0.4, 0.5) is 0 Å². The minimum atomic E-state index is 0. The first kappa shape index (κ1) is 18.9. The monoisotopic (exact) mass is 408 g/mol. The molecule has 0 bridgehead atoms. The highest BCUT2D eigenvalue weighted by Gasteiger charge is 2.24. The van der Waals surface area contributed by atoms with E-state index in [0.29, 0.717) is 6.04 Å². The number of halogens is 3. The minimum absolute atomic E-state index is 0. The molecule has 2 heterocycles. The van der Waals surface area contributed by atoms with Crippen LogP contribution in [0.25, 0.3) is 0 Å². The van der Waals surface area contributed by atoms with Gasteiger partial charge in [-0.05, 0) is 29.1 Å². The predicted molar refractivity (Wildman–Crippen MR) is 99.2 cm³/mol. The molecule has 0 amide bonds. The van der Waals surface area contributed by atoms with Gasteiger partial charge in [0.1, 0.15) is 0 Å². The molecule has 1 aliphatic heterocycles. The predicted octanol–water partition coefficient (Wildman–Crippen LogP) is 4.35. The number of nitrogens with one attached hydrogen (secondary N) is 1. The van der Waals surface area contributed by atoms with Gasteiger partial charge in [-0.25, -0.2) is 0 Å². The van der Waals surface area contributed by atoms with Crippen LogP contribution in [0.1, 0.15) is 16.5 Å². The summed E-state index contributed by atoms with van der Waals surface area (Å²) in [6, 6.07) is 13.5. The van der Waals surface area contributed by atoms with Gasteiger partial charge in [-0.15, -0.1) is 36.2 Å². The van der Waals surface area contributed by atoms with Crippen molar-refractivity contribution in [3.8, 4) is 0 Å². The molecule has 1 aromatic heterocycles. The first-order valence-corrected chi connectivity index (χ1v) is 8.25. The summed E-state index contributed by atoms with van der Waals surface area (Å²) in [4.78, 5) is 4.00. The number of benzene rings is 1. The smallest absolute Gasteiger partial charge is 0.0697 e. The molecule has 0 radical (unpaired) electrons. The first-order chi connectivity index (χ1) is 9.34. The van der Waals surface area contributed by atoms with Gasteiger partial charge in [0.25, 0.3) is 0 Å². The average Bonchev–Trinajstić information content (AvgIpc) is 2.94. The van der Waals surface area contributed by atoms with Crippen molar-refractivity contribution in [3.63, 3.8) is 0 Å². The maximum absolute atomic E-state index is 3.59. The normalized spacial score (nSPS) is 16.6. The second-order valence-corrected chi connectivity index (χ2v) is 6.65. The average molecular weight is 410 g/mol. The summed E-state index contributed by atoms with van der Waals surface area (Å²) < 4.78 is 1.15. The van der Waals surface area contributed by atoms with Crippen molar-refractivity contribution in [2.45, 2.75) is 6.04 Å². The number of piperazine rings is 1. The third kappa shape index (κ3) is 4.68. The highest BCUT2D eigenvalue weighted by molar-refractivity contribution is 9.10. The molecule has 2 aromatic rings. The fraction of sp³-hybridized carbons (Fsp3) is 0.333. The van der Waals surface area contributed by atoms with Crippen LogP contribution < -0.4 is 5.32 Å². The molecule has 0 aliphatic carbocycles. The van der Waals surface area contributed by atoms with Gasteiger partial charge >= 0.3 is 0 Å². The number of hydrogen-bond acceptors (Lipinski definition) is 3. The molecule has 21 heavy (non-hydrogen) atoms. The van der Waals surface area contributed by atoms with E-state index < -0.39 is 0 Å². The van der Waals surface area contributed by atoms with Crippen LogP contribution in [0.3, 0.4) is 0 Å². The molecule has 2 nitrogen and oxygen atoms in total. The summed E-state index contributed by atoms with van der Waals surface area (Å²) in [6.45, 7) is 4.37. The zero-order chi connectivity index (χ0) is 13.1. The lowest BCUT2D eigenvalue weighted by Gasteiger charge is -2.34. The Morgan fingerprint density at radius 1 is 1.10 bits per heavy atom. The first-order valence-electron chi connectivity index (χ1n) is 6.58. The van der Waals surface area contributed by atoms with Crippen molar-refractivity contribution in [1.29, 1.82) is 0 Å². The van der Waals surface area contributed by atoms with Gasteiger partial charge in [0.05, 0.1) is 6.04 Å². The summed E-state index contributed by atoms with van der Waals surface area (Å²) in [5.74, 6) is 0. The molecular formula is C15H19BrCl2N2S. The molecule has 1 aliphatic rings. The van der Waals surface area contributed by atoms with Crippen LogP contribution in [0, 0.1) is 0 Å². The summed E-state index contributed by atoms with van der Waals surface area (Å²) in [6.07, 6.45) is 0. The third-order valence-corrected chi connectivity index (χ3v) is 4.91. The molecule has 1 N–H and O–H groups in total. The van der Waals surface area contributed by atoms with Crippen LogP contribution in [-0.2, 0) is 0 Å². The topological polar surface area (TPSA) is 15.3 Å². The molecule has 0 unspecified atom stereocenters. The number of nitrogens with zero attached hydrogens (tertiary/aromatic N) is 1. The van der Waals surface area contributed by atoms with Crippen molar-refractivity contribution in [1.82, 2.24) is 10.2 Å². The van der Waals surface area contributed by atoms with E-state index in [2.05, 4.69) is 67.9 Å². The quantitative estimate of drug-likeness (QED) is 0.810. The summed E-state index contributed by atoms with van der Waals surface area (Å²) in [5, 5.41) is 5.60. The van der Waals surface area contributed by atoms with Gasteiger partial charge in [0.2, 0.25) is 0 Å². The zero-order valence-corrected chi connectivity index (χ0v) is 15.5. The zero-order valence-electron chi connectivity index (χ0n) is 11.5. The van der Waals surface area contributed by atoms with E-state index in [0.717, 1.165) is 30.7 Å². The SMILES string of the molecule is Brc1cccc([C@H](c2cccs2)N2CCNCC2)c1.Cl.Cl. The summed E-state index contributed by atoms with van der Waals surface area (Å²) in [7, 11) is 0. The van der Waals surface area contributed by atoms with Gasteiger partial charge in [-0.1, -0.05) is 34.1 Å². The molecule has 1 saturated heterocycles.